The van der Waals surface area contributed by atoms with Crippen molar-refractivity contribution in [2.75, 3.05) is 36.2 Å². The molecule has 1 amide bonds. The van der Waals surface area contributed by atoms with Gasteiger partial charge in [-0.25, -0.2) is 0 Å². The van der Waals surface area contributed by atoms with Crippen LogP contribution in [0.5, 0.6) is 0 Å². The molecule has 0 atom stereocenters. The van der Waals surface area contributed by atoms with Gasteiger partial charge in [0.15, 0.2) is 0 Å². The number of benzene rings is 1. The van der Waals surface area contributed by atoms with Gasteiger partial charge in [0.2, 0.25) is 0 Å². The average Bonchev–Trinajstić information content (AvgIpc) is 2.53. The van der Waals surface area contributed by atoms with Crippen molar-refractivity contribution in [1.82, 2.24) is 4.98 Å². The van der Waals surface area contributed by atoms with Crippen molar-refractivity contribution in [2.45, 2.75) is 13.8 Å². The highest BCUT2D eigenvalue weighted by atomic mass is 16.1. The van der Waals surface area contributed by atoms with Gasteiger partial charge in [-0.2, -0.15) is 0 Å². The van der Waals surface area contributed by atoms with Crippen molar-refractivity contribution >= 4 is 23.0 Å². The fourth-order valence-corrected chi connectivity index (χ4v) is 2.02. The zero-order chi connectivity index (χ0) is 16.8. The SMILES string of the molecule is CC(C)CNc1ccnc(C(=O)Nc2ccc(N(C)C)cc2)c1. The molecule has 2 rings (SSSR count). The predicted octanol–water partition coefficient (Wildman–Crippen LogP) is 3.47. The number of nitrogens with one attached hydrogen (secondary N) is 2. The average molecular weight is 312 g/mol. The number of carbonyl (C=O) groups excluding carboxylic acids is 1. The molecule has 23 heavy (non-hydrogen) atoms. The summed E-state index contributed by atoms with van der Waals surface area (Å²) in [5.74, 6) is 0.325. The molecule has 122 valence electrons. The van der Waals surface area contributed by atoms with E-state index in [1.54, 1.807) is 12.3 Å². The van der Waals surface area contributed by atoms with Crippen LogP contribution in [0.3, 0.4) is 0 Å². The molecular weight excluding hydrogens is 288 g/mol. The van der Waals surface area contributed by atoms with Gasteiger partial charge < -0.3 is 15.5 Å². The standard InChI is InChI=1S/C18H24N4O/c1-13(2)12-20-15-9-10-19-17(11-15)18(23)21-14-5-7-16(8-6-14)22(3)4/h5-11,13H,12H2,1-4H3,(H,19,20)(H,21,23). The molecule has 5 heteroatoms. The van der Waals surface area contributed by atoms with Crippen molar-refractivity contribution in [3.05, 3.63) is 48.3 Å². The maximum Gasteiger partial charge on any atom is 0.274 e. The Morgan fingerprint density at radius 2 is 1.83 bits per heavy atom. The maximum atomic E-state index is 12.3. The summed E-state index contributed by atoms with van der Waals surface area (Å²) in [6.45, 7) is 5.13. The van der Waals surface area contributed by atoms with Crippen LogP contribution in [0.25, 0.3) is 0 Å². The van der Waals surface area contributed by atoms with E-state index in [1.807, 2.05) is 49.3 Å². The van der Waals surface area contributed by atoms with Gasteiger partial charge in [-0.05, 0) is 42.3 Å². The first-order valence-corrected chi connectivity index (χ1v) is 7.74. The van der Waals surface area contributed by atoms with Crippen LogP contribution in [0.1, 0.15) is 24.3 Å². The molecular formula is C18H24N4O. The number of aromatic nitrogens is 1. The number of anilines is 3. The van der Waals surface area contributed by atoms with Crippen LogP contribution in [0, 0.1) is 5.92 Å². The normalized spacial score (nSPS) is 10.5. The van der Waals surface area contributed by atoms with Gasteiger partial charge in [0, 0.05) is 43.9 Å². The molecule has 0 saturated heterocycles. The lowest BCUT2D eigenvalue weighted by Gasteiger charge is -2.13. The van der Waals surface area contributed by atoms with Gasteiger partial charge in [0.1, 0.15) is 5.69 Å². The number of carbonyl (C=O) groups is 1. The summed E-state index contributed by atoms with van der Waals surface area (Å²) in [6, 6.07) is 11.3. The van der Waals surface area contributed by atoms with Crippen molar-refractivity contribution < 1.29 is 4.79 Å². The van der Waals surface area contributed by atoms with Gasteiger partial charge in [-0.15, -0.1) is 0 Å². The Hall–Kier alpha value is -2.56. The van der Waals surface area contributed by atoms with Crippen molar-refractivity contribution in [1.29, 1.82) is 0 Å². The number of pyridine rings is 1. The topological polar surface area (TPSA) is 57.3 Å². The van der Waals surface area contributed by atoms with Gasteiger partial charge in [0.05, 0.1) is 0 Å². The largest absolute Gasteiger partial charge is 0.385 e. The zero-order valence-electron chi connectivity index (χ0n) is 14.1. The molecule has 1 aromatic carbocycles. The second kappa shape index (κ2) is 7.63. The van der Waals surface area contributed by atoms with Crippen LogP contribution in [-0.2, 0) is 0 Å². The highest BCUT2D eigenvalue weighted by molar-refractivity contribution is 6.03. The molecule has 1 heterocycles. The lowest BCUT2D eigenvalue weighted by molar-refractivity contribution is 0.102. The monoisotopic (exact) mass is 312 g/mol. The predicted molar refractivity (Wildman–Crippen MR) is 96.3 cm³/mol. The third-order valence-corrected chi connectivity index (χ3v) is 3.35. The lowest BCUT2D eigenvalue weighted by atomic mass is 10.2. The molecule has 0 aliphatic carbocycles. The Kier molecular flexibility index (Phi) is 5.57. The third kappa shape index (κ3) is 4.98. The van der Waals surface area contributed by atoms with Crippen LogP contribution in [-0.4, -0.2) is 31.5 Å². The summed E-state index contributed by atoms with van der Waals surface area (Å²) in [6.07, 6.45) is 1.65. The minimum atomic E-state index is -0.212. The van der Waals surface area contributed by atoms with Crippen LogP contribution >= 0.6 is 0 Å². The van der Waals surface area contributed by atoms with E-state index in [0.29, 0.717) is 11.6 Å². The van der Waals surface area contributed by atoms with Crippen molar-refractivity contribution in [3.8, 4) is 0 Å². The van der Waals surface area contributed by atoms with Gasteiger partial charge in [-0.1, -0.05) is 13.8 Å². The number of rotatable bonds is 6. The second-order valence-corrected chi connectivity index (χ2v) is 6.10. The van der Waals surface area contributed by atoms with Crippen LogP contribution < -0.4 is 15.5 Å². The molecule has 0 spiro atoms. The fourth-order valence-electron chi connectivity index (χ4n) is 2.02. The second-order valence-electron chi connectivity index (χ2n) is 6.10. The van der Waals surface area contributed by atoms with Crippen LogP contribution in [0.4, 0.5) is 17.1 Å². The molecule has 0 bridgehead atoms. The van der Waals surface area contributed by atoms with Gasteiger partial charge in [-0.3, -0.25) is 9.78 Å². The van der Waals surface area contributed by atoms with E-state index < -0.39 is 0 Å². The minimum absolute atomic E-state index is 0.212. The highest BCUT2D eigenvalue weighted by Crippen LogP contribution is 2.17. The van der Waals surface area contributed by atoms with Crippen molar-refractivity contribution in [2.24, 2.45) is 5.92 Å². The molecule has 2 N–H and O–H groups in total. The van der Waals surface area contributed by atoms with E-state index in [9.17, 15) is 4.79 Å². The first-order chi connectivity index (χ1) is 11.0. The number of hydrogen-bond acceptors (Lipinski definition) is 4. The van der Waals surface area contributed by atoms with E-state index in [2.05, 4.69) is 29.5 Å². The highest BCUT2D eigenvalue weighted by Gasteiger charge is 2.09. The molecule has 0 aliphatic heterocycles. The Morgan fingerprint density at radius 1 is 1.13 bits per heavy atom. The molecule has 0 fully saturated rings. The Balaban J connectivity index is 2.04. The number of nitrogens with zero attached hydrogens (tertiary/aromatic N) is 2. The zero-order valence-corrected chi connectivity index (χ0v) is 14.1. The van der Waals surface area contributed by atoms with E-state index in [1.165, 1.54) is 0 Å². The molecule has 1 aromatic heterocycles. The number of amides is 1. The Bertz CT molecular complexity index is 650. The molecule has 0 unspecified atom stereocenters. The van der Waals surface area contributed by atoms with E-state index >= 15 is 0 Å². The van der Waals surface area contributed by atoms with Gasteiger partial charge in [0.25, 0.3) is 5.91 Å². The van der Waals surface area contributed by atoms with Crippen LogP contribution in [0.2, 0.25) is 0 Å². The molecule has 5 nitrogen and oxygen atoms in total. The Labute approximate surface area is 137 Å². The van der Waals surface area contributed by atoms with E-state index in [4.69, 9.17) is 0 Å². The summed E-state index contributed by atoms with van der Waals surface area (Å²) >= 11 is 0. The third-order valence-electron chi connectivity index (χ3n) is 3.35. The van der Waals surface area contributed by atoms with E-state index in [0.717, 1.165) is 23.6 Å². The summed E-state index contributed by atoms with van der Waals surface area (Å²) < 4.78 is 0. The Morgan fingerprint density at radius 3 is 2.43 bits per heavy atom. The number of hydrogen-bond donors (Lipinski definition) is 2. The molecule has 2 aromatic rings. The minimum Gasteiger partial charge on any atom is -0.385 e. The summed E-state index contributed by atoms with van der Waals surface area (Å²) in [7, 11) is 3.96. The smallest absolute Gasteiger partial charge is 0.274 e. The summed E-state index contributed by atoms with van der Waals surface area (Å²) in [4.78, 5) is 18.5. The fraction of sp³-hybridized carbons (Fsp3) is 0.333. The molecule has 0 radical (unpaired) electrons. The molecule has 0 aliphatic rings. The van der Waals surface area contributed by atoms with E-state index in [-0.39, 0.29) is 5.91 Å². The first kappa shape index (κ1) is 16.8. The first-order valence-electron chi connectivity index (χ1n) is 7.74. The summed E-state index contributed by atoms with van der Waals surface area (Å²) in [5, 5.41) is 6.17. The lowest BCUT2D eigenvalue weighted by Crippen LogP contribution is -2.15. The maximum absolute atomic E-state index is 12.3. The van der Waals surface area contributed by atoms with Crippen LogP contribution in [0.15, 0.2) is 42.6 Å². The van der Waals surface area contributed by atoms with Crippen molar-refractivity contribution in [3.63, 3.8) is 0 Å². The summed E-state index contributed by atoms with van der Waals surface area (Å²) in [5.41, 5.74) is 3.14. The molecule has 0 saturated carbocycles. The van der Waals surface area contributed by atoms with Gasteiger partial charge >= 0.3 is 0 Å². The quantitative estimate of drug-likeness (QED) is 0.857.